The third-order valence-electron chi connectivity index (χ3n) is 2.98. The Morgan fingerprint density at radius 3 is 2.48 bits per heavy atom. The second-order valence-electron chi connectivity index (χ2n) is 6.19. The van der Waals surface area contributed by atoms with E-state index in [1.807, 2.05) is 45.0 Å². The number of carbonyl (C=O) groups excluding carboxylic acids is 1. The number of phenolic OH excluding ortho intramolecular Hbond substituents is 1. The average molecular weight is 287 g/mol. The summed E-state index contributed by atoms with van der Waals surface area (Å²) >= 11 is 0. The molecule has 0 aliphatic rings. The summed E-state index contributed by atoms with van der Waals surface area (Å²) in [6.07, 6.45) is -0.584. The maximum Gasteiger partial charge on any atom is 0.261 e. The van der Waals surface area contributed by atoms with Gasteiger partial charge in [0.05, 0.1) is 0 Å². The molecule has 112 valence electrons. The smallest absolute Gasteiger partial charge is 0.261 e. The van der Waals surface area contributed by atoms with Gasteiger partial charge in [-0.25, -0.2) is 0 Å². The van der Waals surface area contributed by atoms with Crippen LogP contribution in [0, 0.1) is 0 Å². The minimum Gasteiger partial charge on any atom is -0.508 e. The summed E-state index contributed by atoms with van der Waals surface area (Å²) in [7, 11) is 0. The number of hydrogen-bond acceptors (Lipinski definition) is 3. The third kappa shape index (κ3) is 4.12. The van der Waals surface area contributed by atoms with Gasteiger partial charge in [0.2, 0.25) is 0 Å². The molecule has 4 heteroatoms. The molecule has 2 aromatic rings. The van der Waals surface area contributed by atoms with E-state index in [1.165, 1.54) is 0 Å². The second-order valence-corrected chi connectivity index (χ2v) is 6.19. The lowest BCUT2D eigenvalue weighted by Crippen LogP contribution is -2.46. The zero-order valence-corrected chi connectivity index (χ0v) is 12.8. The summed E-state index contributed by atoms with van der Waals surface area (Å²) in [5.74, 6) is 0.654. The first-order valence-electron chi connectivity index (χ1n) is 6.96. The number of rotatable bonds is 3. The Labute approximate surface area is 124 Å². The molecule has 2 rings (SSSR count). The average Bonchev–Trinajstić information content (AvgIpc) is 2.36. The van der Waals surface area contributed by atoms with Gasteiger partial charge in [-0.2, -0.15) is 0 Å². The van der Waals surface area contributed by atoms with Gasteiger partial charge in [0.25, 0.3) is 5.91 Å². The summed E-state index contributed by atoms with van der Waals surface area (Å²) in [6, 6.07) is 10.7. The highest BCUT2D eigenvalue weighted by Gasteiger charge is 2.20. The fraction of sp³-hybridized carbons (Fsp3) is 0.353. The van der Waals surface area contributed by atoms with Crippen LogP contribution in [0.1, 0.15) is 27.7 Å². The molecule has 0 aliphatic carbocycles. The summed E-state index contributed by atoms with van der Waals surface area (Å²) in [5.41, 5.74) is -0.288. The number of nitrogens with one attached hydrogen (secondary N) is 1. The highest BCUT2D eigenvalue weighted by atomic mass is 16.5. The van der Waals surface area contributed by atoms with Crippen molar-refractivity contribution in [1.82, 2.24) is 5.32 Å². The van der Waals surface area contributed by atoms with Crippen molar-refractivity contribution < 1.29 is 14.6 Å². The van der Waals surface area contributed by atoms with E-state index >= 15 is 0 Å². The van der Waals surface area contributed by atoms with Crippen molar-refractivity contribution in [2.24, 2.45) is 0 Å². The van der Waals surface area contributed by atoms with E-state index in [2.05, 4.69) is 5.32 Å². The van der Waals surface area contributed by atoms with Crippen molar-refractivity contribution in [2.75, 3.05) is 0 Å². The Kier molecular flexibility index (Phi) is 4.07. The summed E-state index contributed by atoms with van der Waals surface area (Å²) in [6.45, 7) is 7.50. The molecule has 1 atom stereocenters. The van der Waals surface area contributed by atoms with Crippen LogP contribution < -0.4 is 10.1 Å². The number of hydrogen-bond donors (Lipinski definition) is 2. The molecular weight excluding hydrogens is 266 g/mol. The first kappa shape index (κ1) is 15.2. The molecule has 2 N–H and O–H groups in total. The molecule has 0 spiro atoms. The van der Waals surface area contributed by atoms with E-state index in [9.17, 15) is 9.90 Å². The van der Waals surface area contributed by atoms with Gasteiger partial charge in [-0.15, -0.1) is 0 Å². The lowest BCUT2D eigenvalue weighted by molar-refractivity contribution is -0.128. The van der Waals surface area contributed by atoms with Gasteiger partial charge in [0.1, 0.15) is 11.5 Å². The van der Waals surface area contributed by atoms with E-state index in [0.717, 1.165) is 10.8 Å². The predicted molar refractivity (Wildman–Crippen MR) is 83.6 cm³/mol. The number of carbonyl (C=O) groups is 1. The van der Waals surface area contributed by atoms with Crippen LogP contribution in [0.25, 0.3) is 10.8 Å². The van der Waals surface area contributed by atoms with Crippen molar-refractivity contribution in [3.63, 3.8) is 0 Å². The fourth-order valence-electron chi connectivity index (χ4n) is 2.01. The molecule has 0 saturated carbocycles. The van der Waals surface area contributed by atoms with Crippen LogP contribution in [0.3, 0.4) is 0 Å². The molecule has 0 radical (unpaired) electrons. The molecule has 0 aromatic heterocycles. The monoisotopic (exact) mass is 287 g/mol. The largest absolute Gasteiger partial charge is 0.508 e. The van der Waals surface area contributed by atoms with E-state index in [0.29, 0.717) is 5.75 Å². The van der Waals surface area contributed by atoms with Crippen LogP contribution in [0.15, 0.2) is 36.4 Å². The van der Waals surface area contributed by atoms with Crippen molar-refractivity contribution in [1.29, 1.82) is 0 Å². The molecule has 1 unspecified atom stereocenters. The first-order chi connectivity index (χ1) is 9.74. The van der Waals surface area contributed by atoms with E-state index in [-0.39, 0.29) is 17.2 Å². The lowest BCUT2D eigenvalue weighted by atomic mass is 10.1. The minimum atomic E-state index is -0.584. The van der Waals surface area contributed by atoms with Gasteiger partial charge in [0, 0.05) is 5.54 Å². The lowest BCUT2D eigenvalue weighted by Gasteiger charge is -2.23. The Balaban J connectivity index is 2.14. The second kappa shape index (κ2) is 5.64. The minimum absolute atomic E-state index is 0.154. The van der Waals surface area contributed by atoms with Gasteiger partial charge in [-0.3, -0.25) is 4.79 Å². The standard InChI is InChI=1S/C17H21NO3/c1-11(16(20)18-17(2,3)4)21-15-8-6-12-5-7-14(19)9-13(12)10-15/h5-11,19H,1-4H3,(H,18,20). The maximum atomic E-state index is 12.0. The zero-order chi connectivity index (χ0) is 15.6. The Bertz CT molecular complexity index is 659. The maximum absolute atomic E-state index is 12.0. The van der Waals surface area contributed by atoms with E-state index in [1.54, 1.807) is 19.1 Å². The predicted octanol–water partition coefficient (Wildman–Crippen LogP) is 3.23. The molecule has 0 saturated heterocycles. The Hall–Kier alpha value is -2.23. The van der Waals surface area contributed by atoms with Crippen LogP contribution in [-0.2, 0) is 4.79 Å². The van der Waals surface area contributed by atoms with Crippen LogP contribution in [0.2, 0.25) is 0 Å². The highest BCUT2D eigenvalue weighted by molar-refractivity contribution is 5.85. The van der Waals surface area contributed by atoms with Crippen molar-refractivity contribution in [2.45, 2.75) is 39.3 Å². The SMILES string of the molecule is CC(Oc1ccc2ccc(O)cc2c1)C(=O)NC(C)(C)C. The molecule has 2 aromatic carbocycles. The van der Waals surface area contributed by atoms with Crippen LogP contribution in [0.4, 0.5) is 0 Å². The molecule has 0 aliphatic heterocycles. The van der Waals surface area contributed by atoms with Gasteiger partial charge in [-0.05, 0) is 62.7 Å². The highest BCUT2D eigenvalue weighted by Crippen LogP contribution is 2.25. The quantitative estimate of drug-likeness (QED) is 0.911. The normalized spacial score (nSPS) is 13.0. The third-order valence-corrected chi connectivity index (χ3v) is 2.98. The van der Waals surface area contributed by atoms with Gasteiger partial charge < -0.3 is 15.2 Å². The van der Waals surface area contributed by atoms with Crippen molar-refractivity contribution in [3.8, 4) is 11.5 Å². The van der Waals surface area contributed by atoms with Crippen LogP contribution in [0.5, 0.6) is 11.5 Å². The zero-order valence-electron chi connectivity index (χ0n) is 12.8. The Morgan fingerprint density at radius 2 is 1.81 bits per heavy atom. The first-order valence-corrected chi connectivity index (χ1v) is 6.96. The molecular formula is C17H21NO3. The fourth-order valence-corrected chi connectivity index (χ4v) is 2.01. The Morgan fingerprint density at radius 1 is 1.14 bits per heavy atom. The van der Waals surface area contributed by atoms with Crippen LogP contribution >= 0.6 is 0 Å². The molecule has 4 nitrogen and oxygen atoms in total. The van der Waals surface area contributed by atoms with E-state index in [4.69, 9.17) is 4.74 Å². The van der Waals surface area contributed by atoms with Gasteiger partial charge in [-0.1, -0.05) is 12.1 Å². The topological polar surface area (TPSA) is 58.6 Å². The summed E-state index contributed by atoms with van der Waals surface area (Å²) in [4.78, 5) is 12.0. The van der Waals surface area contributed by atoms with E-state index < -0.39 is 6.10 Å². The number of amides is 1. The van der Waals surface area contributed by atoms with Gasteiger partial charge in [0.15, 0.2) is 6.10 Å². The number of ether oxygens (including phenoxy) is 1. The molecule has 1 amide bonds. The van der Waals surface area contributed by atoms with Crippen LogP contribution in [-0.4, -0.2) is 22.7 Å². The molecule has 0 bridgehead atoms. The summed E-state index contributed by atoms with van der Waals surface area (Å²) < 4.78 is 5.68. The van der Waals surface area contributed by atoms with Gasteiger partial charge >= 0.3 is 0 Å². The van der Waals surface area contributed by atoms with Crippen molar-refractivity contribution in [3.05, 3.63) is 36.4 Å². The molecule has 0 heterocycles. The van der Waals surface area contributed by atoms with Crippen molar-refractivity contribution >= 4 is 16.7 Å². The number of aromatic hydroxyl groups is 1. The number of phenols is 1. The molecule has 0 fully saturated rings. The number of benzene rings is 2. The summed E-state index contributed by atoms with van der Waals surface area (Å²) in [5, 5.41) is 14.3. The number of fused-ring (bicyclic) bond motifs is 1. The molecule has 21 heavy (non-hydrogen) atoms.